The topological polar surface area (TPSA) is 66.8 Å². The summed E-state index contributed by atoms with van der Waals surface area (Å²) in [6.45, 7) is 4.16. The number of aryl methyl sites for hydroxylation is 2. The smallest absolute Gasteiger partial charge is 0.243 e. The molecule has 1 N–H and O–H groups in total. The molecule has 1 rings (SSSR count). The zero-order valence-electron chi connectivity index (χ0n) is 13.2. The summed E-state index contributed by atoms with van der Waals surface area (Å²) < 4.78 is 31.9. The second-order valence-corrected chi connectivity index (χ2v) is 7.18. The van der Waals surface area contributed by atoms with Gasteiger partial charge in [0.1, 0.15) is 5.75 Å². The highest BCUT2D eigenvalue weighted by Crippen LogP contribution is 2.27. The predicted molar refractivity (Wildman–Crippen MR) is 83.2 cm³/mol. The average molecular weight is 315 g/mol. The third-order valence-electron chi connectivity index (χ3n) is 3.47. The van der Waals surface area contributed by atoms with Crippen molar-refractivity contribution in [3.05, 3.63) is 23.3 Å². The normalized spacial score (nSPS) is 11.9. The molecule has 21 heavy (non-hydrogen) atoms. The van der Waals surface area contributed by atoms with Gasteiger partial charge in [-0.2, -0.15) is 0 Å². The first-order chi connectivity index (χ1) is 9.84. The van der Waals surface area contributed by atoms with Crippen LogP contribution in [0.1, 0.15) is 30.4 Å². The van der Waals surface area contributed by atoms with Gasteiger partial charge in [-0.05, 0) is 56.4 Å². The first-order valence-electron chi connectivity index (χ1n) is 7.07. The Hall–Kier alpha value is -1.11. The summed E-state index contributed by atoms with van der Waals surface area (Å²) in [5.41, 5.74) is 1.38. The molecule has 0 aliphatic rings. The van der Waals surface area contributed by atoms with Crippen molar-refractivity contribution in [2.75, 3.05) is 27.3 Å². The van der Waals surface area contributed by atoms with E-state index in [-0.39, 0.29) is 6.61 Å². The van der Waals surface area contributed by atoms with Crippen LogP contribution >= 0.6 is 0 Å². The van der Waals surface area contributed by atoms with Gasteiger partial charge in [-0.1, -0.05) is 0 Å². The molecular formula is C15H25NO4S. The van der Waals surface area contributed by atoms with Crippen molar-refractivity contribution in [2.24, 2.45) is 0 Å². The minimum absolute atomic E-state index is 0.146. The van der Waals surface area contributed by atoms with Crippen molar-refractivity contribution in [3.8, 4) is 5.75 Å². The van der Waals surface area contributed by atoms with Crippen LogP contribution in [0.15, 0.2) is 17.0 Å². The summed E-state index contributed by atoms with van der Waals surface area (Å²) in [5, 5.41) is 8.75. The van der Waals surface area contributed by atoms with Crippen molar-refractivity contribution < 1.29 is 18.3 Å². The number of rotatable bonds is 8. The number of unbranched alkanes of at least 4 members (excludes halogenated alkanes) is 2. The van der Waals surface area contributed by atoms with Crippen molar-refractivity contribution >= 4 is 10.0 Å². The van der Waals surface area contributed by atoms with Crippen molar-refractivity contribution in [3.63, 3.8) is 0 Å². The SMILES string of the molecule is COc1cc(C)c(S(=O)(=O)N(C)CCCCCO)c(C)c1. The molecule has 6 heteroatoms. The highest BCUT2D eigenvalue weighted by Gasteiger charge is 2.25. The summed E-state index contributed by atoms with van der Waals surface area (Å²) in [6.07, 6.45) is 2.26. The second kappa shape index (κ2) is 7.77. The van der Waals surface area contributed by atoms with Crippen LogP contribution < -0.4 is 4.74 Å². The van der Waals surface area contributed by atoms with Gasteiger partial charge in [-0.15, -0.1) is 0 Å². The quantitative estimate of drug-likeness (QED) is 0.746. The Labute approximate surface area is 127 Å². The monoisotopic (exact) mass is 315 g/mol. The molecule has 0 aliphatic heterocycles. The molecule has 0 fully saturated rings. The molecule has 0 radical (unpaired) electrons. The van der Waals surface area contributed by atoms with E-state index in [0.717, 1.165) is 12.8 Å². The Balaban J connectivity index is 2.97. The van der Waals surface area contributed by atoms with Crippen molar-refractivity contribution in [1.82, 2.24) is 4.31 Å². The van der Waals surface area contributed by atoms with E-state index in [1.807, 2.05) is 0 Å². The van der Waals surface area contributed by atoms with Crippen LogP contribution in [-0.4, -0.2) is 45.1 Å². The molecule has 0 amide bonds. The molecule has 0 saturated carbocycles. The number of hydrogen-bond donors (Lipinski definition) is 1. The molecule has 0 heterocycles. The largest absolute Gasteiger partial charge is 0.497 e. The van der Waals surface area contributed by atoms with Crippen LogP contribution in [0.3, 0.4) is 0 Å². The molecule has 0 bridgehead atoms. The third-order valence-corrected chi connectivity index (χ3v) is 5.63. The fourth-order valence-electron chi connectivity index (χ4n) is 2.33. The van der Waals surface area contributed by atoms with Gasteiger partial charge in [0, 0.05) is 20.2 Å². The maximum Gasteiger partial charge on any atom is 0.243 e. The Morgan fingerprint density at radius 3 is 2.19 bits per heavy atom. The Kier molecular flexibility index (Phi) is 6.64. The van der Waals surface area contributed by atoms with E-state index >= 15 is 0 Å². The highest BCUT2D eigenvalue weighted by molar-refractivity contribution is 7.89. The number of ether oxygens (including phenoxy) is 1. The van der Waals surface area contributed by atoms with Gasteiger partial charge in [0.2, 0.25) is 10.0 Å². The Morgan fingerprint density at radius 2 is 1.71 bits per heavy atom. The second-order valence-electron chi connectivity index (χ2n) is 5.20. The molecular weight excluding hydrogens is 290 g/mol. The molecule has 5 nitrogen and oxygen atoms in total. The zero-order chi connectivity index (χ0) is 16.0. The Morgan fingerprint density at radius 1 is 1.14 bits per heavy atom. The van der Waals surface area contributed by atoms with E-state index in [2.05, 4.69) is 0 Å². The Bertz CT molecular complexity index is 546. The highest BCUT2D eigenvalue weighted by atomic mass is 32.2. The lowest BCUT2D eigenvalue weighted by Crippen LogP contribution is -2.29. The van der Waals surface area contributed by atoms with Gasteiger partial charge in [-0.3, -0.25) is 0 Å². The fourth-order valence-corrected chi connectivity index (χ4v) is 3.95. The number of aliphatic hydroxyl groups excluding tert-OH is 1. The summed E-state index contributed by atoms with van der Waals surface area (Å²) >= 11 is 0. The van der Waals surface area contributed by atoms with E-state index < -0.39 is 10.0 Å². The molecule has 0 spiro atoms. The fraction of sp³-hybridized carbons (Fsp3) is 0.600. The van der Waals surface area contributed by atoms with Gasteiger partial charge in [0.15, 0.2) is 0 Å². The van der Waals surface area contributed by atoms with Gasteiger partial charge in [-0.25, -0.2) is 12.7 Å². The summed E-state index contributed by atoms with van der Waals surface area (Å²) in [7, 11) is -0.337. The lowest BCUT2D eigenvalue weighted by molar-refractivity contribution is 0.281. The van der Waals surface area contributed by atoms with Gasteiger partial charge >= 0.3 is 0 Å². The molecule has 0 unspecified atom stereocenters. The first-order valence-corrected chi connectivity index (χ1v) is 8.51. The molecule has 1 aromatic rings. The van der Waals surface area contributed by atoms with Crippen molar-refractivity contribution in [1.29, 1.82) is 0 Å². The zero-order valence-corrected chi connectivity index (χ0v) is 14.0. The number of hydrogen-bond acceptors (Lipinski definition) is 4. The summed E-state index contributed by atoms with van der Waals surface area (Å²) in [6, 6.07) is 3.47. The van der Waals surface area contributed by atoms with Crippen molar-refractivity contribution in [2.45, 2.75) is 38.0 Å². The maximum absolute atomic E-state index is 12.7. The van der Waals surface area contributed by atoms with Crippen LogP contribution in [0.2, 0.25) is 0 Å². The number of benzene rings is 1. The molecule has 0 saturated heterocycles. The summed E-state index contributed by atoms with van der Waals surface area (Å²) in [4.78, 5) is 0.355. The van der Waals surface area contributed by atoms with E-state index in [4.69, 9.17) is 9.84 Å². The minimum atomic E-state index is -3.50. The molecule has 1 aromatic carbocycles. The minimum Gasteiger partial charge on any atom is -0.497 e. The van der Waals surface area contributed by atoms with Crippen LogP contribution in [0, 0.1) is 13.8 Å². The van der Waals surface area contributed by atoms with E-state index in [1.165, 1.54) is 4.31 Å². The van der Waals surface area contributed by atoms with Gasteiger partial charge in [0.05, 0.1) is 12.0 Å². The van der Waals surface area contributed by atoms with Gasteiger partial charge in [0.25, 0.3) is 0 Å². The number of aliphatic hydroxyl groups is 1. The standard InChI is InChI=1S/C15H25NO4S/c1-12-10-14(20-4)11-13(2)15(12)21(18,19)16(3)8-6-5-7-9-17/h10-11,17H,5-9H2,1-4H3. The molecule has 0 aliphatic carbocycles. The van der Waals surface area contributed by atoms with E-state index in [1.54, 1.807) is 40.1 Å². The van der Waals surface area contributed by atoms with E-state index in [9.17, 15) is 8.42 Å². The van der Waals surface area contributed by atoms with Crippen LogP contribution in [0.5, 0.6) is 5.75 Å². The first kappa shape index (κ1) is 17.9. The number of methoxy groups -OCH3 is 1. The van der Waals surface area contributed by atoms with Crippen LogP contribution in [0.25, 0.3) is 0 Å². The molecule has 0 atom stereocenters. The lowest BCUT2D eigenvalue weighted by atomic mass is 10.1. The third kappa shape index (κ3) is 4.43. The van der Waals surface area contributed by atoms with Crippen LogP contribution in [0.4, 0.5) is 0 Å². The summed E-state index contributed by atoms with van der Waals surface area (Å²) in [5.74, 6) is 0.662. The predicted octanol–water partition coefficient (Wildman–Crippen LogP) is 2.10. The average Bonchev–Trinajstić information content (AvgIpc) is 2.42. The van der Waals surface area contributed by atoms with E-state index in [0.29, 0.717) is 34.7 Å². The lowest BCUT2D eigenvalue weighted by Gasteiger charge is -2.20. The number of nitrogens with zero attached hydrogens (tertiary/aromatic N) is 1. The van der Waals surface area contributed by atoms with Crippen LogP contribution in [-0.2, 0) is 10.0 Å². The van der Waals surface area contributed by atoms with Gasteiger partial charge < -0.3 is 9.84 Å². The molecule has 120 valence electrons. The maximum atomic E-state index is 12.7. The number of sulfonamides is 1. The molecule has 0 aromatic heterocycles.